The van der Waals surface area contributed by atoms with Crippen LogP contribution in [0.2, 0.25) is 0 Å². The predicted octanol–water partition coefficient (Wildman–Crippen LogP) is 1.04. The van der Waals surface area contributed by atoms with Crippen LogP contribution in [0, 0.1) is 5.92 Å². The highest BCUT2D eigenvalue weighted by molar-refractivity contribution is 7.74. The molecule has 0 aliphatic rings. The highest BCUT2D eigenvalue weighted by Gasteiger charge is 2.11. The van der Waals surface area contributed by atoms with Crippen molar-refractivity contribution >= 4 is 11.4 Å². The van der Waals surface area contributed by atoms with Gasteiger partial charge in [0, 0.05) is 6.61 Å². The van der Waals surface area contributed by atoms with Gasteiger partial charge in [-0.3, -0.25) is 4.18 Å². The zero-order valence-electron chi connectivity index (χ0n) is 8.67. The third kappa shape index (κ3) is 8.56. The van der Waals surface area contributed by atoms with Crippen LogP contribution in [0.5, 0.6) is 0 Å². The molecule has 90 valence electrons. The molecule has 2 N–H and O–H groups in total. The Balaban J connectivity index is 3.97. The topological polar surface area (TPSA) is 89.8 Å². The SMILES string of the molecule is CC(CCCO)CC(C=CO)OS(=O)[O-]. The molecule has 3 atom stereocenters. The number of aliphatic hydroxyl groups excluding tert-OH is 2. The largest absolute Gasteiger partial charge is 0.750 e. The van der Waals surface area contributed by atoms with Gasteiger partial charge in [0.25, 0.3) is 0 Å². The van der Waals surface area contributed by atoms with E-state index in [0.717, 1.165) is 12.7 Å². The molecule has 0 amide bonds. The molecule has 0 bridgehead atoms. The molecule has 0 heterocycles. The van der Waals surface area contributed by atoms with E-state index in [1.165, 1.54) is 6.08 Å². The monoisotopic (exact) mass is 237 g/mol. The molecule has 0 spiro atoms. The average Bonchev–Trinajstić information content (AvgIpc) is 2.14. The molecule has 6 heteroatoms. The summed E-state index contributed by atoms with van der Waals surface area (Å²) >= 11 is -2.58. The van der Waals surface area contributed by atoms with E-state index in [1.807, 2.05) is 6.92 Å². The van der Waals surface area contributed by atoms with Crippen molar-refractivity contribution in [2.75, 3.05) is 6.61 Å². The lowest BCUT2D eigenvalue weighted by Gasteiger charge is -2.18. The molecule has 0 saturated heterocycles. The van der Waals surface area contributed by atoms with Gasteiger partial charge in [0.2, 0.25) is 0 Å². The molecule has 0 saturated carbocycles. The van der Waals surface area contributed by atoms with Crippen molar-refractivity contribution in [2.45, 2.75) is 32.3 Å². The number of hydrogen-bond donors (Lipinski definition) is 2. The van der Waals surface area contributed by atoms with Crippen molar-refractivity contribution in [1.29, 1.82) is 0 Å². The third-order valence-corrected chi connectivity index (χ3v) is 2.40. The zero-order chi connectivity index (χ0) is 11.7. The second kappa shape index (κ2) is 8.84. The molecule has 0 aromatic heterocycles. The predicted molar refractivity (Wildman–Crippen MR) is 55.7 cm³/mol. The first-order chi connectivity index (χ1) is 7.10. The molecule has 0 aromatic carbocycles. The van der Waals surface area contributed by atoms with Crippen LogP contribution in [0.25, 0.3) is 0 Å². The van der Waals surface area contributed by atoms with Gasteiger partial charge in [-0.05, 0) is 31.3 Å². The first-order valence-corrected chi connectivity index (χ1v) is 5.78. The number of hydrogen-bond acceptors (Lipinski definition) is 5. The summed E-state index contributed by atoms with van der Waals surface area (Å²) in [6.07, 6.45) is 3.38. The minimum absolute atomic E-state index is 0.124. The third-order valence-electron chi connectivity index (χ3n) is 1.99. The van der Waals surface area contributed by atoms with Gasteiger partial charge < -0.3 is 14.8 Å². The highest BCUT2D eigenvalue weighted by atomic mass is 32.2. The van der Waals surface area contributed by atoms with Crippen LogP contribution in [-0.2, 0) is 15.5 Å². The van der Waals surface area contributed by atoms with Gasteiger partial charge in [-0.25, -0.2) is 4.21 Å². The molecule has 0 fully saturated rings. The summed E-state index contributed by atoms with van der Waals surface area (Å²) in [5.41, 5.74) is 0. The summed E-state index contributed by atoms with van der Waals surface area (Å²) < 4.78 is 25.2. The van der Waals surface area contributed by atoms with E-state index in [1.54, 1.807) is 0 Å². The summed E-state index contributed by atoms with van der Waals surface area (Å²) in [6.45, 7) is 2.06. The van der Waals surface area contributed by atoms with Crippen LogP contribution in [0.1, 0.15) is 26.2 Å². The second-order valence-electron chi connectivity index (χ2n) is 3.39. The Labute approximate surface area is 92.3 Å². The van der Waals surface area contributed by atoms with E-state index < -0.39 is 17.5 Å². The fourth-order valence-corrected chi connectivity index (χ4v) is 1.65. The van der Waals surface area contributed by atoms with Gasteiger partial charge in [0.05, 0.1) is 23.7 Å². The Hall–Kier alpha value is -0.430. The molecule has 5 nitrogen and oxygen atoms in total. The van der Waals surface area contributed by atoms with Crippen LogP contribution < -0.4 is 0 Å². The van der Waals surface area contributed by atoms with E-state index >= 15 is 0 Å². The summed E-state index contributed by atoms with van der Waals surface area (Å²) in [7, 11) is 0. The fourth-order valence-electron chi connectivity index (χ4n) is 1.30. The maximum Gasteiger partial charge on any atom is 0.0952 e. The van der Waals surface area contributed by atoms with Crippen LogP contribution >= 0.6 is 0 Å². The van der Waals surface area contributed by atoms with Crippen molar-refractivity contribution in [3.63, 3.8) is 0 Å². The van der Waals surface area contributed by atoms with Gasteiger partial charge in [-0.2, -0.15) is 0 Å². The molecule has 0 radical (unpaired) electrons. The number of aliphatic hydroxyl groups is 2. The normalized spacial score (nSPS) is 17.8. The molecule has 0 rings (SSSR count). The summed E-state index contributed by atoms with van der Waals surface area (Å²) in [6, 6.07) is 0. The standard InChI is InChI=1S/C9H18O5S/c1-8(3-2-5-10)7-9(4-6-11)14-15(12)13/h4,6,8-11H,2-3,5,7H2,1H3,(H,12,13)/p-1. The van der Waals surface area contributed by atoms with E-state index in [0.29, 0.717) is 12.8 Å². The van der Waals surface area contributed by atoms with Gasteiger partial charge >= 0.3 is 0 Å². The van der Waals surface area contributed by atoms with E-state index in [4.69, 9.17) is 10.2 Å². The molecule has 0 aliphatic heterocycles. The van der Waals surface area contributed by atoms with Crippen LogP contribution in [0.4, 0.5) is 0 Å². The van der Waals surface area contributed by atoms with Crippen molar-refractivity contribution < 1.29 is 23.2 Å². The summed E-state index contributed by atoms with van der Waals surface area (Å²) in [5.74, 6) is 0.224. The molecule has 0 aliphatic carbocycles. The maximum absolute atomic E-state index is 10.3. The second-order valence-corrected chi connectivity index (χ2v) is 3.99. The van der Waals surface area contributed by atoms with Crippen molar-refractivity contribution in [3.05, 3.63) is 12.3 Å². The van der Waals surface area contributed by atoms with Crippen molar-refractivity contribution in [2.24, 2.45) is 5.92 Å². The van der Waals surface area contributed by atoms with Gasteiger partial charge in [0.1, 0.15) is 0 Å². The van der Waals surface area contributed by atoms with E-state index in [-0.39, 0.29) is 12.5 Å². The zero-order valence-corrected chi connectivity index (χ0v) is 9.48. The molecule has 15 heavy (non-hydrogen) atoms. The van der Waals surface area contributed by atoms with Crippen molar-refractivity contribution in [1.82, 2.24) is 0 Å². The lowest BCUT2D eigenvalue weighted by atomic mass is 9.98. The Morgan fingerprint density at radius 1 is 1.60 bits per heavy atom. The Morgan fingerprint density at radius 2 is 2.27 bits per heavy atom. The van der Waals surface area contributed by atoms with Crippen LogP contribution in [-0.4, -0.2) is 31.7 Å². The van der Waals surface area contributed by atoms with Gasteiger partial charge in [0.15, 0.2) is 0 Å². The van der Waals surface area contributed by atoms with Crippen LogP contribution in [0.15, 0.2) is 12.3 Å². The molecule has 0 aromatic rings. The maximum atomic E-state index is 10.3. The lowest BCUT2D eigenvalue weighted by Crippen LogP contribution is -2.15. The van der Waals surface area contributed by atoms with E-state index in [9.17, 15) is 8.76 Å². The van der Waals surface area contributed by atoms with Gasteiger partial charge in [-0.1, -0.05) is 6.92 Å². The quantitative estimate of drug-likeness (QED) is 0.486. The minimum Gasteiger partial charge on any atom is -0.750 e. The average molecular weight is 237 g/mol. The smallest absolute Gasteiger partial charge is 0.0952 e. The van der Waals surface area contributed by atoms with E-state index in [2.05, 4.69) is 4.18 Å². The molecule has 3 unspecified atom stereocenters. The van der Waals surface area contributed by atoms with Crippen molar-refractivity contribution in [3.8, 4) is 0 Å². The first kappa shape index (κ1) is 14.6. The Kier molecular flexibility index (Phi) is 8.59. The summed E-state index contributed by atoms with van der Waals surface area (Å²) in [4.78, 5) is 0. The number of rotatable bonds is 8. The minimum atomic E-state index is -2.58. The first-order valence-electron chi connectivity index (χ1n) is 4.78. The van der Waals surface area contributed by atoms with Crippen LogP contribution in [0.3, 0.4) is 0 Å². The molecular weight excluding hydrogens is 220 g/mol. The Morgan fingerprint density at radius 3 is 2.73 bits per heavy atom. The lowest BCUT2D eigenvalue weighted by molar-refractivity contribution is 0.200. The fraction of sp³-hybridized carbons (Fsp3) is 0.778. The Bertz CT molecular complexity index is 207. The summed E-state index contributed by atoms with van der Waals surface area (Å²) in [5, 5.41) is 17.2. The van der Waals surface area contributed by atoms with Gasteiger partial charge in [-0.15, -0.1) is 0 Å². The molecular formula is C9H17O5S-. The highest BCUT2D eigenvalue weighted by Crippen LogP contribution is 2.16.